The van der Waals surface area contributed by atoms with Crippen LogP contribution in [0.4, 0.5) is 5.82 Å². The van der Waals surface area contributed by atoms with Gasteiger partial charge in [0.15, 0.2) is 5.82 Å². The van der Waals surface area contributed by atoms with Crippen LogP contribution in [-0.4, -0.2) is 43.1 Å². The summed E-state index contributed by atoms with van der Waals surface area (Å²) in [6, 6.07) is 8.23. The molecule has 0 unspecified atom stereocenters. The van der Waals surface area contributed by atoms with Crippen LogP contribution in [-0.2, 0) is 17.8 Å². The molecule has 0 bridgehead atoms. The second-order valence-corrected chi connectivity index (χ2v) is 6.92. The fourth-order valence-electron chi connectivity index (χ4n) is 3.02. The van der Waals surface area contributed by atoms with Crippen molar-refractivity contribution in [1.82, 2.24) is 15.5 Å². The average molecular weight is 377 g/mol. The molecule has 1 atom stereocenters. The fraction of sp³-hybridized carbons (Fsp3) is 0.474. The van der Waals surface area contributed by atoms with Crippen molar-refractivity contribution in [2.45, 2.75) is 33.0 Å². The van der Waals surface area contributed by atoms with Crippen molar-refractivity contribution in [2.24, 2.45) is 0 Å². The number of rotatable bonds is 6. The summed E-state index contributed by atoms with van der Waals surface area (Å²) in [6.45, 7) is 7.69. The van der Waals surface area contributed by atoms with Crippen LogP contribution in [0.5, 0.6) is 5.75 Å². The first-order valence-electron chi connectivity index (χ1n) is 8.79. The molecule has 1 fully saturated rings. The Morgan fingerprint density at radius 2 is 2.15 bits per heavy atom. The number of aryl methyl sites for hydroxylation is 1. The van der Waals surface area contributed by atoms with Gasteiger partial charge in [-0.15, -0.1) is 5.10 Å². The van der Waals surface area contributed by atoms with Crippen LogP contribution in [0.15, 0.2) is 24.3 Å². The standard InChI is InChI=1S/C19H25ClN4O2/c1-13-8-16(25-3)5-4-15(13)10-21-11-18-17(20)9-19(23-22-18)24-6-7-26-12-14(24)2/h4-5,8-9,14,21H,6-7,10-12H2,1-3H3/t14-/m1/s1. The van der Waals surface area contributed by atoms with E-state index < -0.39 is 0 Å². The first-order chi connectivity index (χ1) is 12.6. The van der Waals surface area contributed by atoms with E-state index in [1.165, 1.54) is 11.1 Å². The average Bonchev–Trinajstić information content (AvgIpc) is 2.64. The highest BCUT2D eigenvalue weighted by molar-refractivity contribution is 6.31. The molecule has 1 N–H and O–H groups in total. The maximum Gasteiger partial charge on any atom is 0.153 e. The van der Waals surface area contributed by atoms with E-state index in [0.717, 1.165) is 30.4 Å². The first-order valence-corrected chi connectivity index (χ1v) is 9.17. The maximum atomic E-state index is 6.43. The molecule has 0 amide bonds. The zero-order valence-corrected chi connectivity index (χ0v) is 16.2. The molecular weight excluding hydrogens is 352 g/mol. The summed E-state index contributed by atoms with van der Waals surface area (Å²) in [7, 11) is 1.68. The first kappa shape index (κ1) is 18.9. The Morgan fingerprint density at radius 1 is 1.31 bits per heavy atom. The van der Waals surface area contributed by atoms with Crippen molar-refractivity contribution < 1.29 is 9.47 Å². The SMILES string of the molecule is COc1ccc(CNCc2nnc(N3CCOC[C@H]3C)cc2Cl)c(C)c1. The molecule has 1 aromatic heterocycles. The van der Waals surface area contributed by atoms with E-state index in [-0.39, 0.29) is 6.04 Å². The van der Waals surface area contributed by atoms with Crippen molar-refractivity contribution in [2.75, 3.05) is 31.8 Å². The molecule has 1 saturated heterocycles. The Balaban J connectivity index is 1.60. The van der Waals surface area contributed by atoms with Crippen molar-refractivity contribution in [3.05, 3.63) is 46.1 Å². The number of morpholine rings is 1. The number of halogens is 1. The number of methoxy groups -OCH3 is 1. The monoisotopic (exact) mass is 376 g/mol. The molecule has 1 aromatic carbocycles. The van der Waals surface area contributed by atoms with Gasteiger partial charge in [-0.05, 0) is 37.1 Å². The number of nitrogens with zero attached hydrogens (tertiary/aromatic N) is 3. The van der Waals surface area contributed by atoms with E-state index in [4.69, 9.17) is 21.1 Å². The molecule has 6 nitrogen and oxygen atoms in total. The zero-order chi connectivity index (χ0) is 18.5. The van der Waals surface area contributed by atoms with Gasteiger partial charge in [0.2, 0.25) is 0 Å². The molecule has 1 aliphatic rings. The van der Waals surface area contributed by atoms with Gasteiger partial charge < -0.3 is 19.7 Å². The van der Waals surface area contributed by atoms with Crippen molar-refractivity contribution in [3.63, 3.8) is 0 Å². The predicted molar refractivity (Wildman–Crippen MR) is 103 cm³/mol. The van der Waals surface area contributed by atoms with Crippen LogP contribution in [0.25, 0.3) is 0 Å². The van der Waals surface area contributed by atoms with Gasteiger partial charge in [0.1, 0.15) is 5.75 Å². The van der Waals surface area contributed by atoms with Crippen LogP contribution in [0, 0.1) is 6.92 Å². The van der Waals surface area contributed by atoms with E-state index in [1.807, 2.05) is 18.2 Å². The Morgan fingerprint density at radius 3 is 2.85 bits per heavy atom. The van der Waals surface area contributed by atoms with Gasteiger partial charge >= 0.3 is 0 Å². The largest absolute Gasteiger partial charge is 0.497 e. The number of hydrogen-bond acceptors (Lipinski definition) is 6. The smallest absolute Gasteiger partial charge is 0.153 e. The third-order valence-corrected chi connectivity index (χ3v) is 4.95. The minimum atomic E-state index is 0.274. The number of nitrogens with one attached hydrogen (secondary N) is 1. The molecule has 2 aromatic rings. The van der Waals surface area contributed by atoms with Gasteiger partial charge in [0.25, 0.3) is 0 Å². The lowest BCUT2D eigenvalue weighted by atomic mass is 10.1. The van der Waals surface area contributed by atoms with Crippen LogP contribution < -0.4 is 15.0 Å². The molecule has 0 aliphatic carbocycles. The molecule has 1 aliphatic heterocycles. The molecule has 26 heavy (non-hydrogen) atoms. The lowest BCUT2D eigenvalue weighted by Crippen LogP contribution is -2.44. The molecule has 0 saturated carbocycles. The van der Waals surface area contributed by atoms with Crippen LogP contribution >= 0.6 is 11.6 Å². The Kier molecular flexibility index (Phi) is 6.29. The minimum absolute atomic E-state index is 0.274. The van der Waals surface area contributed by atoms with Gasteiger partial charge in [-0.25, -0.2) is 0 Å². The Bertz CT molecular complexity index is 756. The van der Waals surface area contributed by atoms with Crippen molar-refractivity contribution in [3.8, 4) is 5.75 Å². The molecule has 7 heteroatoms. The second-order valence-electron chi connectivity index (χ2n) is 6.51. The Hall–Kier alpha value is -1.89. The van der Waals surface area contributed by atoms with Crippen LogP contribution in [0.2, 0.25) is 5.02 Å². The molecule has 0 radical (unpaired) electrons. The zero-order valence-electron chi connectivity index (χ0n) is 15.5. The summed E-state index contributed by atoms with van der Waals surface area (Å²) in [5.41, 5.74) is 3.15. The van der Waals surface area contributed by atoms with Crippen molar-refractivity contribution >= 4 is 17.4 Å². The number of aromatic nitrogens is 2. The summed E-state index contributed by atoms with van der Waals surface area (Å²) >= 11 is 6.43. The summed E-state index contributed by atoms with van der Waals surface area (Å²) in [5, 5.41) is 12.7. The van der Waals surface area contributed by atoms with E-state index in [2.05, 4.69) is 40.3 Å². The lowest BCUT2D eigenvalue weighted by molar-refractivity contribution is 0.0984. The number of ether oxygens (including phenoxy) is 2. The molecule has 3 rings (SSSR count). The Labute approximate surface area is 159 Å². The number of anilines is 1. The van der Waals surface area contributed by atoms with Crippen molar-refractivity contribution in [1.29, 1.82) is 0 Å². The van der Waals surface area contributed by atoms with Gasteiger partial charge in [-0.1, -0.05) is 17.7 Å². The molecule has 140 valence electrons. The van der Waals surface area contributed by atoms with Gasteiger partial charge in [0, 0.05) is 25.7 Å². The van der Waals surface area contributed by atoms with E-state index in [0.29, 0.717) is 24.8 Å². The molecular formula is C19H25ClN4O2. The van der Waals surface area contributed by atoms with Gasteiger partial charge in [0.05, 0.1) is 37.1 Å². The van der Waals surface area contributed by atoms with Crippen LogP contribution in [0.1, 0.15) is 23.7 Å². The third kappa shape index (κ3) is 4.44. The summed E-state index contributed by atoms with van der Waals surface area (Å²) in [6.07, 6.45) is 0. The topological polar surface area (TPSA) is 59.5 Å². The fourth-order valence-corrected chi connectivity index (χ4v) is 3.22. The van der Waals surface area contributed by atoms with E-state index in [1.54, 1.807) is 7.11 Å². The summed E-state index contributed by atoms with van der Waals surface area (Å²) < 4.78 is 10.7. The molecule has 2 heterocycles. The lowest BCUT2D eigenvalue weighted by Gasteiger charge is -2.34. The summed E-state index contributed by atoms with van der Waals surface area (Å²) in [4.78, 5) is 2.18. The number of benzene rings is 1. The quantitative estimate of drug-likeness (QED) is 0.836. The maximum absolute atomic E-state index is 6.43. The highest BCUT2D eigenvalue weighted by atomic mass is 35.5. The highest BCUT2D eigenvalue weighted by Gasteiger charge is 2.21. The van der Waals surface area contributed by atoms with Gasteiger partial charge in [-0.3, -0.25) is 0 Å². The third-order valence-electron chi connectivity index (χ3n) is 4.62. The second kappa shape index (κ2) is 8.66. The summed E-state index contributed by atoms with van der Waals surface area (Å²) in [5.74, 6) is 1.67. The molecule has 0 spiro atoms. The van der Waals surface area contributed by atoms with Gasteiger partial charge in [-0.2, -0.15) is 5.10 Å². The number of hydrogen-bond donors (Lipinski definition) is 1. The van der Waals surface area contributed by atoms with E-state index in [9.17, 15) is 0 Å². The highest BCUT2D eigenvalue weighted by Crippen LogP contribution is 2.22. The normalized spacial score (nSPS) is 17.4. The predicted octanol–water partition coefficient (Wildman–Crippen LogP) is 2.96. The minimum Gasteiger partial charge on any atom is -0.497 e. The van der Waals surface area contributed by atoms with E-state index >= 15 is 0 Å². The van der Waals surface area contributed by atoms with Crippen LogP contribution in [0.3, 0.4) is 0 Å².